The van der Waals surface area contributed by atoms with Crippen molar-refractivity contribution in [3.63, 3.8) is 0 Å². The molecular formula is C24H33N5O6. The zero-order chi connectivity index (χ0) is 27.2. The highest BCUT2D eigenvalue weighted by Crippen LogP contribution is 2.24. The van der Waals surface area contributed by atoms with Crippen LogP contribution in [0, 0.1) is 37.9 Å². The Kier molecular flexibility index (Phi) is 18.7. The van der Waals surface area contributed by atoms with Crippen molar-refractivity contribution < 1.29 is 29.5 Å². The lowest BCUT2D eigenvalue weighted by atomic mass is 10.2. The molecule has 9 N–H and O–H groups in total. The van der Waals surface area contributed by atoms with E-state index >= 15 is 0 Å². The first-order valence-corrected chi connectivity index (χ1v) is 9.96. The van der Waals surface area contributed by atoms with Crippen LogP contribution in [0.2, 0.25) is 0 Å². The molecule has 0 radical (unpaired) electrons. The highest BCUT2D eigenvalue weighted by molar-refractivity contribution is 5.91. The molecule has 0 fully saturated rings. The van der Waals surface area contributed by atoms with Crippen LogP contribution in [0.25, 0.3) is 0 Å². The van der Waals surface area contributed by atoms with Crippen LogP contribution in [0.15, 0.2) is 36.4 Å². The number of phenols is 2. The maximum absolute atomic E-state index is 10.9. The Bertz CT molecular complexity index is 1030. The van der Waals surface area contributed by atoms with E-state index in [1.54, 1.807) is 50.2 Å². The molecule has 0 aliphatic carbocycles. The molecule has 35 heavy (non-hydrogen) atoms. The van der Waals surface area contributed by atoms with Gasteiger partial charge in [-0.15, -0.1) is 0 Å². The molecule has 0 unspecified atom stereocenters. The average Bonchev–Trinajstić information content (AvgIpc) is 2.81. The number of benzene rings is 2. The SMILES string of the molecule is CC#CON.CC#CON.CC(=O)Nc1cc(C)ccc1O.CNC(=O)Nc1cc(C)ccc1O. The van der Waals surface area contributed by atoms with Gasteiger partial charge in [0.05, 0.1) is 11.4 Å². The zero-order valence-electron chi connectivity index (χ0n) is 20.6. The number of rotatable bonds is 2. The van der Waals surface area contributed by atoms with E-state index in [2.05, 4.69) is 61.5 Å². The second kappa shape index (κ2) is 20.1. The quantitative estimate of drug-likeness (QED) is 0.192. The summed E-state index contributed by atoms with van der Waals surface area (Å²) < 4.78 is 0. The van der Waals surface area contributed by atoms with Crippen molar-refractivity contribution in [3.8, 4) is 35.6 Å². The van der Waals surface area contributed by atoms with E-state index in [0.717, 1.165) is 11.1 Å². The molecule has 0 aliphatic rings. The van der Waals surface area contributed by atoms with Crippen LogP contribution in [0.5, 0.6) is 11.5 Å². The summed E-state index contributed by atoms with van der Waals surface area (Å²) in [5.41, 5.74) is 2.85. The number of nitrogens with two attached hydrogens (primary N) is 2. The number of hydrogen-bond donors (Lipinski definition) is 7. The summed E-state index contributed by atoms with van der Waals surface area (Å²) in [6.07, 6.45) is 4.28. The number of hydrogen-bond acceptors (Lipinski definition) is 8. The van der Waals surface area contributed by atoms with Gasteiger partial charge in [-0.05, 0) is 49.2 Å². The molecule has 0 spiro atoms. The van der Waals surface area contributed by atoms with Gasteiger partial charge >= 0.3 is 6.03 Å². The van der Waals surface area contributed by atoms with E-state index in [4.69, 9.17) is 0 Å². The number of carbonyl (C=O) groups excluding carboxylic acids is 2. The molecule has 190 valence electrons. The molecule has 2 aromatic rings. The van der Waals surface area contributed by atoms with Gasteiger partial charge < -0.3 is 35.8 Å². The van der Waals surface area contributed by atoms with E-state index in [0.29, 0.717) is 11.4 Å². The van der Waals surface area contributed by atoms with Crippen LogP contribution < -0.4 is 27.7 Å². The lowest BCUT2D eigenvalue weighted by Crippen LogP contribution is -2.24. The van der Waals surface area contributed by atoms with Crippen molar-refractivity contribution in [2.24, 2.45) is 11.8 Å². The molecule has 2 aromatic carbocycles. The van der Waals surface area contributed by atoms with Crippen LogP contribution >= 0.6 is 0 Å². The van der Waals surface area contributed by atoms with Crippen LogP contribution in [0.3, 0.4) is 0 Å². The summed E-state index contributed by atoms with van der Waals surface area (Å²) in [7, 11) is 1.52. The lowest BCUT2D eigenvalue weighted by molar-refractivity contribution is -0.114. The Morgan fingerprint density at radius 1 is 0.829 bits per heavy atom. The molecule has 0 heterocycles. The number of phenolic OH excluding ortho intramolecular Hbond substituents is 2. The van der Waals surface area contributed by atoms with Crippen molar-refractivity contribution in [2.75, 3.05) is 17.7 Å². The van der Waals surface area contributed by atoms with E-state index in [-0.39, 0.29) is 23.4 Å². The number of anilines is 2. The second-order valence-corrected chi connectivity index (χ2v) is 6.37. The van der Waals surface area contributed by atoms with Gasteiger partial charge in [-0.25, -0.2) is 4.79 Å². The molecule has 3 amide bonds. The second-order valence-electron chi connectivity index (χ2n) is 6.37. The van der Waals surface area contributed by atoms with Crippen LogP contribution in [0.1, 0.15) is 31.9 Å². The molecular weight excluding hydrogens is 454 g/mol. The first-order valence-electron chi connectivity index (χ1n) is 9.96. The highest BCUT2D eigenvalue weighted by Gasteiger charge is 2.03. The first-order chi connectivity index (χ1) is 16.6. The Labute approximate surface area is 205 Å². The van der Waals surface area contributed by atoms with Gasteiger partial charge in [-0.2, -0.15) is 11.8 Å². The van der Waals surface area contributed by atoms with Gasteiger partial charge in [0.2, 0.25) is 5.91 Å². The maximum Gasteiger partial charge on any atom is 0.319 e. The van der Waals surface area contributed by atoms with Crippen molar-refractivity contribution >= 4 is 23.3 Å². The minimum absolute atomic E-state index is 0.0641. The fourth-order valence-electron chi connectivity index (χ4n) is 1.99. The monoisotopic (exact) mass is 487 g/mol. The van der Waals surface area contributed by atoms with Crippen LogP contribution in [-0.4, -0.2) is 29.2 Å². The molecule has 11 heteroatoms. The molecule has 2 rings (SSSR count). The minimum atomic E-state index is -0.346. The lowest BCUT2D eigenvalue weighted by Gasteiger charge is -2.06. The third-order valence-corrected chi connectivity index (χ3v) is 3.41. The first kappa shape index (κ1) is 32.6. The summed E-state index contributed by atoms with van der Waals surface area (Å²) in [6, 6.07) is 9.72. The normalized spacial score (nSPS) is 8.00. The number of aryl methyl sites for hydroxylation is 2. The Hall–Kier alpha value is -4.58. The maximum atomic E-state index is 10.9. The number of aromatic hydroxyl groups is 2. The van der Waals surface area contributed by atoms with Gasteiger partial charge in [-0.1, -0.05) is 24.0 Å². The molecule has 0 saturated carbocycles. The van der Waals surface area contributed by atoms with Crippen molar-refractivity contribution in [3.05, 3.63) is 47.5 Å². The standard InChI is InChI=1S/C9H12N2O2.C9H11NO2.2C3H5NO/c1-6-3-4-8(12)7(5-6)11-9(13)10-2;1-6-3-4-9(12)8(5-6)10-7(2)11;2*1-2-3-5-4/h3-5,12H,1-2H3,(H2,10,11,13);3-5,12H,1-2H3,(H,10,11);2*4H2,1H3. The molecule has 0 saturated heterocycles. The number of carbonyl (C=O) groups is 2. The van der Waals surface area contributed by atoms with E-state index < -0.39 is 0 Å². The summed E-state index contributed by atoms with van der Waals surface area (Å²) in [4.78, 5) is 29.2. The van der Waals surface area contributed by atoms with Gasteiger partial charge in [0.15, 0.2) is 0 Å². The third kappa shape index (κ3) is 17.6. The van der Waals surface area contributed by atoms with E-state index in [1.165, 1.54) is 14.0 Å². The Balaban J connectivity index is 0. The molecule has 0 atom stereocenters. The Morgan fingerprint density at radius 3 is 1.51 bits per heavy atom. The van der Waals surface area contributed by atoms with Crippen molar-refractivity contribution in [2.45, 2.75) is 34.6 Å². The minimum Gasteiger partial charge on any atom is -0.506 e. The third-order valence-electron chi connectivity index (χ3n) is 3.41. The van der Waals surface area contributed by atoms with E-state index in [9.17, 15) is 19.8 Å². The number of amides is 3. The fourth-order valence-corrected chi connectivity index (χ4v) is 1.99. The highest BCUT2D eigenvalue weighted by atomic mass is 16.6. The predicted molar refractivity (Wildman–Crippen MR) is 136 cm³/mol. The van der Waals surface area contributed by atoms with Crippen LogP contribution in [0.4, 0.5) is 16.2 Å². The topological polar surface area (TPSA) is 181 Å². The summed E-state index contributed by atoms with van der Waals surface area (Å²) in [6.45, 7) is 8.47. The molecule has 0 aliphatic heterocycles. The van der Waals surface area contributed by atoms with Gasteiger partial charge in [0.25, 0.3) is 0 Å². The van der Waals surface area contributed by atoms with E-state index in [1.807, 2.05) is 13.8 Å². The fraction of sp³-hybridized carbons (Fsp3) is 0.250. The summed E-state index contributed by atoms with van der Waals surface area (Å²) >= 11 is 0. The van der Waals surface area contributed by atoms with Gasteiger partial charge in [-0.3, -0.25) is 4.79 Å². The Morgan fingerprint density at radius 2 is 1.23 bits per heavy atom. The summed E-state index contributed by atoms with van der Waals surface area (Å²) in [5, 5.41) is 26.0. The number of urea groups is 1. The smallest absolute Gasteiger partial charge is 0.319 e. The van der Waals surface area contributed by atoms with Gasteiger partial charge in [0.1, 0.15) is 23.7 Å². The van der Waals surface area contributed by atoms with Crippen molar-refractivity contribution in [1.82, 2.24) is 5.32 Å². The average molecular weight is 488 g/mol. The molecule has 0 bridgehead atoms. The predicted octanol–water partition coefficient (Wildman–Crippen LogP) is 2.83. The number of nitrogens with one attached hydrogen (secondary N) is 3. The largest absolute Gasteiger partial charge is 0.506 e. The molecule has 0 aromatic heterocycles. The zero-order valence-corrected chi connectivity index (χ0v) is 20.6. The van der Waals surface area contributed by atoms with Crippen LogP contribution in [-0.2, 0) is 14.5 Å². The van der Waals surface area contributed by atoms with Crippen molar-refractivity contribution in [1.29, 1.82) is 0 Å². The summed E-state index contributed by atoms with van der Waals surface area (Å²) in [5.74, 6) is 13.7. The van der Waals surface area contributed by atoms with Gasteiger partial charge in [0, 0.05) is 27.8 Å². The molecule has 11 nitrogen and oxygen atoms in total.